The van der Waals surface area contributed by atoms with E-state index in [1.807, 2.05) is 30.3 Å². The maximum Gasteiger partial charge on any atom is 0.229 e. The van der Waals surface area contributed by atoms with Gasteiger partial charge in [0.25, 0.3) is 0 Å². The first-order valence-corrected chi connectivity index (χ1v) is 6.77. The van der Waals surface area contributed by atoms with Gasteiger partial charge in [0.05, 0.1) is 5.92 Å². The van der Waals surface area contributed by atoms with E-state index >= 15 is 0 Å². The monoisotopic (exact) mass is 254 g/mol. The highest BCUT2D eigenvalue weighted by atomic mass is 16.1. The summed E-state index contributed by atoms with van der Waals surface area (Å²) in [6, 6.07) is 14.5. The van der Waals surface area contributed by atoms with E-state index in [1.54, 1.807) is 0 Å². The molecule has 3 nitrogen and oxygen atoms in total. The van der Waals surface area contributed by atoms with Crippen LogP contribution in [0.5, 0.6) is 0 Å². The Bertz CT molecular complexity index is 608. The molecule has 3 heteroatoms. The summed E-state index contributed by atoms with van der Waals surface area (Å²) in [5.74, 6) is 0.194. The lowest BCUT2D eigenvalue weighted by Crippen LogP contribution is -2.32. The molecule has 0 radical (unpaired) electrons. The summed E-state index contributed by atoms with van der Waals surface area (Å²) < 4.78 is 0. The van der Waals surface area contributed by atoms with Crippen LogP contribution in [0.15, 0.2) is 42.5 Å². The quantitative estimate of drug-likeness (QED) is 0.865. The minimum absolute atomic E-state index is 0.0754. The molecule has 0 saturated carbocycles. The van der Waals surface area contributed by atoms with Gasteiger partial charge in [0, 0.05) is 11.7 Å². The molecule has 2 aromatic rings. The lowest BCUT2D eigenvalue weighted by Gasteiger charge is -2.15. The Morgan fingerprint density at radius 3 is 2.74 bits per heavy atom. The molecule has 1 aliphatic rings. The van der Waals surface area contributed by atoms with E-state index in [-0.39, 0.29) is 17.9 Å². The van der Waals surface area contributed by atoms with Crippen LogP contribution in [-0.2, 0) is 4.79 Å². The fourth-order valence-corrected chi connectivity index (χ4v) is 2.72. The molecule has 2 N–H and O–H groups in total. The van der Waals surface area contributed by atoms with Crippen LogP contribution >= 0.6 is 0 Å². The predicted octanol–water partition coefficient (Wildman–Crippen LogP) is 2.78. The Kier molecular flexibility index (Phi) is 3.22. The molecule has 2 aromatic carbocycles. The Hall–Kier alpha value is -1.87. The number of nitrogens with one attached hydrogen (secondary N) is 2. The van der Waals surface area contributed by atoms with E-state index in [4.69, 9.17) is 0 Å². The molecule has 1 heterocycles. The molecular formula is C16H18N2O. The van der Waals surface area contributed by atoms with Gasteiger partial charge in [-0.25, -0.2) is 0 Å². The van der Waals surface area contributed by atoms with Gasteiger partial charge in [0.2, 0.25) is 5.91 Å². The van der Waals surface area contributed by atoms with E-state index in [0.29, 0.717) is 0 Å². The van der Waals surface area contributed by atoms with Gasteiger partial charge >= 0.3 is 0 Å². The molecule has 98 valence electrons. The van der Waals surface area contributed by atoms with Gasteiger partial charge in [0.1, 0.15) is 0 Å². The number of carbonyl (C=O) groups excluding carboxylic acids is 1. The molecule has 1 amide bonds. The standard InChI is InChI=1S/C16H18N2O/c1-11-15(8-9-17-11)16(19)18-14-7-6-12-4-2-3-5-13(12)10-14/h2-7,10-11,15,17H,8-9H2,1H3,(H,18,19). The summed E-state index contributed by atoms with van der Waals surface area (Å²) in [4.78, 5) is 12.2. The third kappa shape index (κ3) is 2.47. The lowest BCUT2D eigenvalue weighted by molar-refractivity contribution is -0.119. The number of hydrogen-bond donors (Lipinski definition) is 2. The minimum atomic E-state index is 0.0754. The second-order valence-electron chi connectivity index (χ2n) is 5.19. The second-order valence-corrected chi connectivity index (χ2v) is 5.19. The number of fused-ring (bicyclic) bond motifs is 1. The van der Waals surface area contributed by atoms with Crippen LogP contribution < -0.4 is 10.6 Å². The summed E-state index contributed by atoms with van der Waals surface area (Å²) >= 11 is 0. The van der Waals surface area contributed by atoms with Gasteiger partial charge in [-0.15, -0.1) is 0 Å². The molecule has 1 aliphatic heterocycles. The van der Waals surface area contributed by atoms with E-state index in [0.717, 1.165) is 24.0 Å². The van der Waals surface area contributed by atoms with Crippen molar-refractivity contribution in [2.75, 3.05) is 11.9 Å². The summed E-state index contributed by atoms with van der Waals surface area (Å²) in [5.41, 5.74) is 0.878. The van der Waals surface area contributed by atoms with Crippen molar-refractivity contribution in [2.24, 2.45) is 5.92 Å². The van der Waals surface area contributed by atoms with E-state index in [9.17, 15) is 4.79 Å². The normalized spacial score (nSPS) is 22.6. The molecule has 1 saturated heterocycles. The second kappa shape index (κ2) is 5.02. The molecule has 3 rings (SSSR count). The third-order valence-corrected chi connectivity index (χ3v) is 3.88. The highest BCUT2D eigenvalue weighted by molar-refractivity contribution is 5.96. The summed E-state index contributed by atoms with van der Waals surface area (Å²) in [5, 5.41) is 8.67. The third-order valence-electron chi connectivity index (χ3n) is 3.88. The van der Waals surface area contributed by atoms with Crippen molar-refractivity contribution in [3.05, 3.63) is 42.5 Å². The molecule has 1 fully saturated rings. The van der Waals surface area contributed by atoms with Gasteiger partial charge in [-0.3, -0.25) is 4.79 Å². The topological polar surface area (TPSA) is 41.1 Å². The SMILES string of the molecule is CC1NCCC1C(=O)Nc1ccc2ccccc2c1. The van der Waals surface area contributed by atoms with Crippen LogP contribution in [0, 0.1) is 5.92 Å². The van der Waals surface area contributed by atoms with Crippen LogP contribution in [0.3, 0.4) is 0 Å². The smallest absolute Gasteiger partial charge is 0.229 e. The number of amides is 1. The largest absolute Gasteiger partial charge is 0.326 e. The minimum Gasteiger partial charge on any atom is -0.326 e. The van der Waals surface area contributed by atoms with Crippen LogP contribution in [-0.4, -0.2) is 18.5 Å². The van der Waals surface area contributed by atoms with E-state index in [1.165, 1.54) is 5.39 Å². The van der Waals surface area contributed by atoms with Crippen LogP contribution in [0.1, 0.15) is 13.3 Å². The van der Waals surface area contributed by atoms with Gasteiger partial charge in [-0.2, -0.15) is 0 Å². The number of rotatable bonds is 2. The molecule has 0 aromatic heterocycles. The first-order chi connectivity index (χ1) is 9.24. The molecule has 2 unspecified atom stereocenters. The molecule has 0 aliphatic carbocycles. The Labute approximate surface area is 113 Å². The van der Waals surface area contributed by atoms with Crippen LogP contribution in [0.25, 0.3) is 10.8 Å². The first kappa shape index (κ1) is 12.2. The fourth-order valence-electron chi connectivity index (χ4n) is 2.72. The molecular weight excluding hydrogens is 236 g/mol. The zero-order chi connectivity index (χ0) is 13.2. The Balaban J connectivity index is 1.79. The van der Waals surface area contributed by atoms with Crippen molar-refractivity contribution < 1.29 is 4.79 Å². The van der Waals surface area contributed by atoms with Crippen LogP contribution in [0.4, 0.5) is 5.69 Å². The average Bonchev–Trinajstić information content (AvgIpc) is 2.85. The molecule has 19 heavy (non-hydrogen) atoms. The lowest BCUT2D eigenvalue weighted by atomic mass is 10.0. The van der Waals surface area contributed by atoms with E-state index in [2.05, 4.69) is 29.7 Å². The Morgan fingerprint density at radius 2 is 2.00 bits per heavy atom. The van der Waals surface area contributed by atoms with Crippen molar-refractivity contribution in [3.63, 3.8) is 0 Å². The summed E-state index contributed by atoms with van der Waals surface area (Å²) in [6.45, 7) is 2.99. The molecule has 0 spiro atoms. The van der Waals surface area contributed by atoms with Gasteiger partial charge in [0.15, 0.2) is 0 Å². The summed E-state index contributed by atoms with van der Waals surface area (Å²) in [6.07, 6.45) is 0.917. The van der Waals surface area contributed by atoms with Crippen molar-refractivity contribution in [2.45, 2.75) is 19.4 Å². The number of hydrogen-bond acceptors (Lipinski definition) is 2. The highest BCUT2D eigenvalue weighted by Gasteiger charge is 2.29. The highest BCUT2D eigenvalue weighted by Crippen LogP contribution is 2.21. The fraction of sp³-hybridized carbons (Fsp3) is 0.312. The maximum absolute atomic E-state index is 12.2. The molecule has 0 bridgehead atoms. The van der Waals surface area contributed by atoms with E-state index < -0.39 is 0 Å². The summed E-state index contributed by atoms with van der Waals surface area (Å²) in [7, 11) is 0. The average molecular weight is 254 g/mol. The Morgan fingerprint density at radius 1 is 1.21 bits per heavy atom. The van der Waals surface area contributed by atoms with Crippen LogP contribution in [0.2, 0.25) is 0 Å². The van der Waals surface area contributed by atoms with Crippen molar-refractivity contribution in [1.82, 2.24) is 5.32 Å². The zero-order valence-electron chi connectivity index (χ0n) is 11.0. The van der Waals surface area contributed by atoms with Gasteiger partial charge in [-0.05, 0) is 42.8 Å². The number of carbonyl (C=O) groups is 1. The van der Waals surface area contributed by atoms with Crippen molar-refractivity contribution in [3.8, 4) is 0 Å². The van der Waals surface area contributed by atoms with Crippen molar-refractivity contribution in [1.29, 1.82) is 0 Å². The first-order valence-electron chi connectivity index (χ1n) is 6.77. The van der Waals surface area contributed by atoms with Gasteiger partial charge in [-0.1, -0.05) is 30.3 Å². The van der Waals surface area contributed by atoms with Crippen molar-refractivity contribution >= 4 is 22.4 Å². The predicted molar refractivity (Wildman–Crippen MR) is 78.1 cm³/mol. The molecule has 2 atom stereocenters. The number of anilines is 1. The zero-order valence-corrected chi connectivity index (χ0v) is 11.0. The number of benzene rings is 2. The van der Waals surface area contributed by atoms with Gasteiger partial charge < -0.3 is 10.6 Å². The maximum atomic E-state index is 12.2.